The molecule has 1 aliphatic rings. The number of amides is 1. The number of benzene rings is 2. The van der Waals surface area contributed by atoms with E-state index >= 15 is 0 Å². The number of aromatic hydroxyl groups is 1. The predicted molar refractivity (Wildman–Crippen MR) is 132 cm³/mol. The Kier molecular flexibility index (Phi) is 7.23. The Morgan fingerprint density at radius 3 is 2.77 bits per heavy atom. The van der Waals surface area contributed by atoms with Crippen LogP contribution >= 0.6 is 0 Å². The van der Waals surface area contributed by atoms with Gasteiger partial charge >= 0.3 is 5.63 Å². The third-order valence-electron chi connectivity index (χ3n) is 5.90. The number of fused-ring (bicyclic) bond motifs is 1. The van der Waals surface area contributed by atoms with Gasteiger partial charge in [-0.25, -0.2) is 4.79 Å². The Morgan fingerprint density at radius 2 is 2.03 bits per heavy atom. The first-order valence-corrected chi connectivity index (χ1v) is 11.5. The van der Waals surface area contributed by atoms with Crippen LogP contribution in [-0.4, -0.2) is 35.1 Å². The number of phenols is 1. The molecule has 0 saturated carbocycles. The van der Waals surface area contributed by atoms with Crippen molar-refractivity contribution in [1.29, 1.82) is 0 Å². The summed E-state index contributed by atoms with van der Waals surface area (Å²) in [5.41, 5.74) is 2.29. The lowest BCUT2D eigenvalue weighted by Crippen LogP contribution is -2.33. The van der Waals surface area contributed by atoms with Crippen molar-refractivity contribution in [3.63, 3.8) is 0 Å². The maximum absolute atomic E-state index is 12.8. The zero-order chi connectivity index (χ0) is 25.1. The van der Waals surface area contributed by atoms with Gasteiger partial charge in [0.15, 0.2) is 0 Å². The number of carbonyl (C=O) groups is 1. The standard InChI is InChI=1S/C27H29NO7/c1-15(2)4-5-17-12-19(6-8-22(17)30)26(31)28-21-13-18-7-9-23(16(3)25(18)35-27(21)32)34-24-14-20(29)10-11-33-24/h4,6-9,12-13,20,24,29-30H,5,10-11,14H2,1-3H3,(H,28,31)/t20-,24+/m1/s1. The van der Waals surface area contributed by atoms with E-state index in [1.54, 1.807) is 31.2 Å². The van der Waals surface area contributed by atoms with Gasteiger partial charge in [0.05, 0.1) is 12.7 Å². The first-order chi connectivity index (χ1) is 16.7. The molecular weight excluding hydrogens is 450 g/mol. The summed E-state index contributed by atoms with van der Waals surface area (Å²) < 4.78 is 17.0. The molecular formula is C27H29NO7. The molecule has 1 amide bonds. The van der Waals surface area contributed by atoms with Crippen molar-refractivity contribution in [2.75, 3.05) is 11.9 Å². The average Bonchev–Trinajstić information content (AvgIpc) is 2.81. The van der Waals surface area contributed by atoms with Gasteiger partial charge < -0.3 is 29.4 Å². The maximum Gasteiger partial charge on any atom is 0.360 e. The molecule has 8 nitrogen and oxygen atoms in total. The number of carbonyl (C=O) groups excluding carboxylic acids is 1. The summed E-state index contributed by atoms with van der Waals surface area (Å²) in [6, 6.07) is 9.59. The fourth-order valence-corrected chi connectivity index (χ4v) is 3.89. The molecule has 1 aliphatic heterocycles. The predicted octanol–water partition coefficient (Wildman–Crippen LogP) is 4.44. The van der Waals surface area contributed by atoms with Crippen LogP contribution in [0.2, 0.25) is 0 Å². The minimum Gasteiger partial charge on any atom is -0.508 e. The van der Waals surface area contributed by atoms with Crippen LogP contribution in [0.25, 0.3) is 11.0 Å². The highest BCUT2D eigenvalue weighted by Crippen LogP contribution is 2.30. The lowest BCUT2D eigenvalue weighted by molar-refractivity contribution is -0.137. The lowest BCUT2D eigenvalue weighted by Gasteiger charge is -2.27. The van der Waals surface area contributed by atoms with E-state index in [0.29, 0.717) is 59.3 Å². The highest BCUT2D eigenvalue weighted by Gasteiger charge is 2.23. The van der Waals surface area contributed by atoms with Crippen molar-refractivity contribution >= 4 is 22.6 Å². The second-order valence-electron chi connectivity index (χ2n) is 8.93. The number of allylic oxidation sites excluding steroid dienone is 2. The van der Waals surface area contributed by atoms with E-state index in [2.05, 4.69) is 5.32 Å². The largest absolute Gasteiger partial charge is 0.508 e. The fourth-order valence-electron chi connectivity index (χ4n) is 3.89. The second kappa shape index (κ2) is 10.3. The molecule has 2 heterocycles. The smallest absolute Gasteiger partial charge is 0.360 e. The van der Waals surface area contributed by atoms with Crippen LogP contribution in [0.1, 0.15) is 48.2 Å². The van der Waals surface area contributed by atoms with Crippen LogP contribution in [0.3, 0.4) is 0 Å². The van der Waals surface area contributed by atoms with Gasteiger partial charge in [-0.2, -0.15) is 0 Å². The molecule has 1 fully saturated rings. The third kappa shape index (κ3) is 5.72. The number of aliphatic hydroxyl groups excluding tert-OH is 1. The highest BCUT2D eigenvalue weighted by atomic mass is 16.7. The molecule has 0 unspecified atom stereocenters. The Hall–Kier alpha value is -3.62. The van der Waals surface area contributed by atoms with Crippen LogP contribution in [-0.2, 0) is 11.2 Å². The molecule has 35 heavy (non-hydrogen) atoms. The SMILES string of the molecule is CC(C)=CCc1cc(C(=O)Nc2cc3ccc(O[C@H]4C[C@H](O)CCO4)c(C)c3oc2=O)ccc1O. The number of hydrogen-bond acceptors (Lipinski definition) is 7. The number of aliphatic hydroxyl groups is 1. The molecule has 4 rings (SSSR count). The summed E-state index contributed by atoms with van der Waals surface area (Å²) >= 11 is 0. The molecule has 2 atom stereocenters. The fraction of sp³-hybridized carbons (Fsp3) is 0.333. The summed E-state index contributed by atoms with van der Waals surface area (Å²) in [6.45, 7) is 6.09. The first-order valence-electron chi connectivity index (χ1n) is 11.5. The number of nitrogens with one attached hydrogen (secondary N) is 1. The van der Waals surface area contributed by atoms with E-state index < -0.39 is 23.9 Å². The zero-order valence-corrected chi connectivity index (χ0v) is 20.0. The molecule has 0 spiro atoms. The number of hydrogen-bond donors (Lipinski definition) is 3. The number of phenolic OH excluding ortho intramolecular Hbond substituents is 1. The molecule has 0 bridgehead atoms. The lowest BCUT2D eigenvalue weighted by atomic mass is 10.0. The van der Waals surface area contributed by atoms with Crippen molar-refractivity contribution < 1.29 is 28.9 Å². The van der Waals surface area contributed by atoms with E-state index in [-0.39, 0.29) is 11.4 Å². The average molecular weight is 480 g/mol. The van der Waals surface area contributed by atoms with Crippen molar-refractivity contribution in [2.45, 2.75) is 52.4 Å². The summed E-state index contributed by atoms with van der Waals surface area (Å²) in [5, 5.41) is 23.1. The Labute approximate surface area is 202 Å². The second-order valence-corrected chi connectivity index (χ2v) is 8.93. The van der Waals surface area contributed by atoms with Crippen LogP contribution in [0, 0.1) is 6.92 Å². The van der Waals surface area contributed by atoms with E-state index in [0.717, 1.165) is 5.57 Å². The minimum absolute atomic E-state index is 0.00762. The van der Waals surface area contributed by atoms with Gasteiger partial charge in [-0.3, -0.25) is 4.79 Å². The van der Waals surface area contributed by atoms with Crippen molar-refractivity contribution in [2.24, 2.45) is 0 Å². The monoisotopic (exact) mass is 479 g/mol. The van der Waals surface area contributed by atoms with Crippen LogP contribution in [0.15, 0.2) is 57.3 Å². The van der Waals surface area contributed by atoms with Gasteiger partial charge in [0.1, 0.15) is 22.8 Å². The van der Waals surface area contributed by atoms with Crippen molar-refractivity contribution in [3.05, 3.63) is 75.2 Å². The van der Waals surface area contributed by atoms with Gasteiger partial charge in [0.2, 0.25) is 6.29 Å². The van der Waals surface area contributed by atoms with Crippen molar-refractivity contribution in [1.82, 2.24) is 0 Å². The highest BCUT2D eigenvalue weighted by molar-refractivity contribution is 6.05. The molecule has 1 aromatic heterocycles. The van der Waals surface area contributed by atoms with Gasteiger partial charge in [-0.1, -0.05) is 11.6 Å². The number of rotatable bonds is 6. The normalized spacial score (nSPS) is 17.7. The quantitative estimate of drug-likeness (QED) is 0.353. The molecule has 2 aromatic carbocycles. The van der Waals surface area contributed by atoms with Gasteiger partial charge in [-0.05, 0) is 75.6 Å². The molecule has 0 radical (unpaired) electrons. The Bertz CT molecular complexity index is 1340. The van der Waals surface area contributed by atoms with Crippen LogP contribution in [0.5, 0.6) is 11.5 Å². The van der Waals surface area contributed by atoms with Gasteiger partial charge in [-0.15, -0.1) is 0 Å². The molecule has 1 saturated heterocycles. The topological polar surface area (TPSA) is 118 Å². The summed E-state index contributed by atoms with van der Waals surface area (Å²) in [7, 11) is 0. The summed E-state index contributed by atoms with van der Waals surface area (Å²) in [4.78, 5) is 25.5. The number of aryl methyl sites for hydroxylation is 1. The number of ether oxygens (including phenoxy) is 2. The van der Waals surface area contributed by atoms with E-state index in [4.69, 9.17) is 13.9 Å². The summed E-state index contributed by atoms with van der Waals surface area (Å²) in [6.07, 6.45) is 2.32. The van der Waals surface area contributed by atoms with Crippen molar-refractivity contribution in [3.8, 4) is 11.5 Å². The summed E-state index contributed by atoms with van der Waals surface area (Å²) in [5.74, 6) is 0.107. The van der Waals surface area contributed by atoms with E-state index in [1.165, 1.54) is 12.1 Å². The van der Waals surface area contributed by atoms with Crippen LogP contribution in [0.4, 0.5) is 5.69 Å². The molecule has 0 aliphatic carbocycles. The van der Waals surface area contributed by atoms with E-state index in [1.807, 2.05) is 19.9 Å². The zero-order valence-electron chi connectivity index (χ0n) is 20.0. The Morgan fingerprint density at radius 1 is 1.23 bits per heavy atom. The molecule has 8 heteroatoms. The van der Waals surface area contributed by atoms with Crippen LogP contribution < -0.4 is 15.7 Å². The molecule has 3 aromatic rings. The molecule has 184 valence electrons. The third-order valence-corrected chi connectivity index (χ3v) is 5.90. The number of anilines is 1. The minimum atomic E-state index is -0.695. The van der Waals surface area contributed by atoms with E-state index in [9.17, 15) is 19.8 Å². The first kappa shape index (κ1) is 24.5. The Balaban J connectivity index is 1.56. The maximum atomic E-state index is 12.8. The molecule has 3 N–H and O–H groups in total. The van der Waals surface area contributed by atoms with Gasteiger partial charge in [0.25, 0.3) is 5.91 Å². The van der Waals surface area contributed by atoms with Gasteiger partial charge in [0, 0.05) is 22.9 Å².